The molecule has 27 nitrogen and oxygen atoms in total. The van der Waals surface area contributed by atoms with Crippen molar-refractivity contribution in [3.63, 3.8) is 0 Å². The van der Waals surface area contributed by atoms with Crippen LogP contribution in [0.15, 0.2) is 150 Å². The number of thioether (sulfide) groups is 5. The number of benzene rings is 6. The van der Waals surface area contributed by atoms with Crippen LogP contribution in [0.1, 0.15) is 84.4 Å². The maximum atomic E-state index is 12.2. The van der Waals surface area contributed by atoms with Gasteiger partial charge in [-0.2, -0.15) is 0 Å². The first-order valence-corrected chi connectivity index (χ1v) is 31.7. The summed E-state index contributed by atoms with van der Waals surface area (Å²) in [6, 6.07) is 39.3. The Hall–Kier alpha value is -10.7. The lowest BCUT2D eigenvalue weighted by atomic mass is 10.1. The molecule has 11 rings (SSSR count). The van der Waals surface area contributed by atoms with Gasteiger partial charge < -0.3 is 30.7 Å². The molecule has 10 N–H and O–H groups in total. The highest BCUT2D eigenvalue weighted by atomic mass is 32.2. The standard InChI is InChI=1S/C17H15N3O3S.C12H11NO4S.C12H9NO4S.C11H9NO4S.C8H6O3.C3H3NO2S/c18-12-3-1-2-4-13(12)19-15(21)11-7-5-10(6-8-11)9-14-16(22)20-17(23)24-14;2*1-17-11(15)8-4-2-7(3-5-8)6-9-10(14)13-12(16)18-9;13-9-8(17-11(16)12-9)5-6-1-3-7(4-2-6)10(14)15;9-5-6-1-3-7(4-2-6)8(10)11;5-2-1-7-3(6)4-2/h1-8,14H,9,18H2,(H,19,21)(H,20,22,23);2-5,9H,6H2,1H3,(H,13,14,16);2-6H,1H3,(H,13,14,16);1-4,8H,5H2,(H,14,15)(H,12,13,16);1-5H,(H,10,11);1H2,(H,4,5,6)/b;;9-6+;;;. The number of imide groups is 5. The maximum absolute atomic E-state index is 12.2. The highest BCUT2D eigenvalue weighted by Crippen LogP contribution is 2.28. The number of aromatic carboxylic acids is 2. The van der Waals surface area contributed by atoms with Gasteiger partial charge in [0.25, 0.3) is 38.0 Å². The molecule has 0 aromatic heterocycles. The third-order valence-corrected chi connectivity index (χ3v) is 17.2. The number of nitrogen functional groups attached to an aromatic ring is 1. The first kappa shape index (κ1) is 73.4. The second-order valence-corrected chi connectivity index (χ2v) is 24.8. The van der Waals surface area contributed by atoms with Crippen molar-refractivity contribution in [3.8, 4) is 0 Å². The molecular weight excluding hydrogens is 1340 g/mol. The van der Waals surface area contributed by atoms with E-state index in [-0.39, 0.29) is 72.1 Å². The fourth-order valence-corrected chi connectivity index (χ4v) is 11.7. The summed E-state index contributed by atoms with van der Waals surface area (Å²) in [5.74, 6) is -4.17. The number of hydrogen-bond donors (Lipinski definition) is 9. The van der Waals surface area contributed by atoms with Crippen molar-refractivity contribution in [2.45, 2.75) is 35.0 Å². The maximum Gasteiger partial charge on any atom is 0.337 e. The number of rotatable bonds is 14. The lowest BCUT2D eigenvalue weighted by Crippen LogP contribution is -2.25. The van der Waals surface area contributed by atoms with Gasteiger partial charge in [-0.05, 0) is 132 Å². The first-order valence-electron chi connectivity index (χ1n) is 27.3. The Bertz CT molecular complexity index is 3990. The number of para-hydroxylation sites is 2. The van der Waals surface area contributed by atoms with E-state index in [0.29, 0.717) is 69.8 Å². The Kier molecular flexibility index (Phi) is 27.8. The van der Waals surface area contributed by atoms with E-state index >= 15 is 0 Å². The van der Waals surface area contributed by atoms with Gasteiger partial charge in [0.15, 0.2) is 0 Å². The summed E-state index contributed by atoms with van der Waals surface area (Å²) in [6.07, 6.45) is 3.58. The lowest BCUT2D eigenvalue weighted by molar-refractivity contribution is -0.119. The third-order valence-electron chi connectivity index (χ3n) is 12.7. The minimum atomic E-state index is -0.986. The van der Waals surface area contributed by atoms with E-state index in [1.165, 1.54) is 50.6 Å². The molecule has 3 unspecified atom stereocenters. The summed E-state index contributed by atoms with van der Waals surface area (Å²) >= 11 is 4.80. The topological polar surface area (TPSA) is 430 Å². The van der Waals surface area contributed by atoms with Gasteiger partial charge in [-0.3, -0.25) is 84.1 Å². The SMILES string of the molecule is COC(=O)c1ccc(/C=C2/SC(=O)NC2=O)cc1.COC(=O)c1ccc(CC2SC(=O)NC2=O)cc1.Nc1ccccc1NC(=O)c1ccc(CC2SC(=O)NC2=O)cc1.O=C1CSC(=O)N1.O=C1NC(=O)C(Cc2ccc(C(=O)O)cc2)S1.O=Cc1ccc(C(=O)O)cc1. The predicted molar refractivity (Wildman–Crippen MR) is 354 cm³/mol. The number of anilines is 2. The lowest BCUT2D eigenvalue weighted by Gasteiger charge is -2.09. The van der Waals surface area contributed by atoms with Gasteiger partial charge in [0.05, 0.1) is 74.3 Å². The number of carbonyl (C=O) groups is 16. The highest BCUT2D eigenvalue weighted by molar-refractivity contribution is 8.18. The molecule has 0 saturated carbocycles. The average Bonchev–Trinajstić information content (AvgIpc) is 1.91. The number of hydrogen-bond acceptors (Lipinski definition) is 24. The van der Waals surface area contributed by atoms with Crippen LogP contribution in [-0.4, -0.2) is 138 Å². The van der Waals surface area contributed by atoms with Crippen molar-refractivity contribution in [1.29, 1.82) is 0 Å². The molecular formula is C63H53N7O20S5. The Morgan fingerprint density at radius 2 is 0.884 bits per heavy atom. The van der Waals surface area contributed by atoms with Crippen molar-refractivity contribution in [2.75, 3.05) is 31.0 Å². The van der Waals surface area contributed by atoms with Crippen LogP contribution in [0.4, 0.5) is 35.3 Å². The minimum Gasteiger partial charge on any atom is -0.478 e. The van der Waals surface area contributed by atoms with Crippen LogP contribution in [0.3, 0.4) is 0 Å². The van der Waals surface area contributed by atoms with Gasteiger partial charge in [-0.25, -0.2) is 19.2 Å². The smallest absolute Gasteiger partial charge is 0.337 e. The largest absolute Gasteiger partial charge is 0.478 e. The van der Waals surface area contributed by atoms with Crippen molar-refractivity contribution in [2.24, 2.45) is 0 Å². The van der Waals surface area contributed by atoms with Gasteiger partial charge in [-0.1, -0.05) is 120 Å². The molecule has 0 radical (unpaired) electrons. The zero-order valence-corrected chi connectivity index (χ0v) is 53.5. The van der Waals surface area contributed by atoms with Crippen LogP contribution in [0.5, 0.6) is 0 Å². The molecule has 6 aromatic rings. The van der Waals surface area contributed by atoms with Gasteiger partial charge in [0.1, 0.15) is 6.29 Å². The van der Waals surface area contributed by atoms with Crippen molar-refractivity contribution < 1.29 is 96.4 Å². The van der Waals surface area contributed by atoms with Crippen LogP contribution >= 0.6 is 58.8 Å². The van der Waals surface area contributed by atoms with Crippen molar-refractivity contribution in [3.05, 3.63) is 206 Å². The monoisotopic (exact) mass is 1390 g/mol. The molecule has 5 fully saturated rings. The number of methoxy groups -OCH3 is 2. The summed E-state index contributed by atoms with van der Waals surface area (Å²) in [4.78, 5) is 176. The summed E-state index contributed by atoms with van der Waals surface area (Å²) in [5, 5.41) is 28.1. The quantitative estimate of drug-likeness (QED) is 0.0215. The molecule has 5 aliphatic heterocycles. The van der Waals surface area contributed by atoms with E-state index in [1.807, 2.05) is 0 Å². The molecule has 11 amide bonds. The number of nitrogens with two attached hydrogens (primary N) is 1. The van der Waals surface area contributed by atoms with Crippen molar-refractivity contribution in [1.82, 2.24) is 26.6 Å². The van der Waals surface area contributed by atoms with E-state index in [0.717, 1.165) is 81.1 Å². The highest BCUT2D eigenvalue weighted by Gasteiger charge is 2.34. The summed E-state index contributed by atoms with van der Waals surface area (Å²) < 4.78 is 9.16. The second kappa shape index (κ2) is 36.0. The minimum absolute atomic E-state index is 0.185. The fraction of sp³-hybridized carbons (Fsp3) is 0.143. The zero-order valence-electron chi connectivity index (χ0n) is 49.4. The number of carbonyl (C=O) groups excluding carboxylic acids is 14. The van der Waals surface area contributed by atoms with Crippen LogP contribution < -0.4 is 37.6 Å². The Morgan fingerprint density at radius 1 is 0.495 bits per heavy atom. The van der Waals surface area contributed by atoms with Gasteiger partial charge in [-0.15, -0.1) is 0 Å². The predicted octanol–water partition coefficient (Wildman–Crippen LogP) is 8.03. The van der Waals surface area contributed by atoms with E-state index in [9.17, 15) is 76.7 Å². The number of carboxylic acids is 2. The van der Waals surface area contributed by atoms with Crippen LogP contribution in [0, 0.1) is 0 Å². The Labute approximate surface area is 560 Å². The fourth-order valence-electron chi connectivity index (χ4n) is 7.93. The Balaban J connectivity index is 0.000000186. The number of carboxylic acid groups (broad SMARTS) is 2. The summed E-state index contributed by atoms with van der Waals surface area (Å²) in [6.45, 7) is 0. The molecule has 0 aliphatic carbocycles. The van der Waals surface area contributed by atoms with E-state index in [4.69, 9.17) is 15.9 Å². The zero-order chi connectivity index (χ0) is 69.3. The first-order chi connectivity index (χ1) is 45.3. The third kappa shape index (κ3) is 23.4. The molecule has 32 heteroatoms. The molecule has 5 saturated heterocycles. The van der Waals surface area contributed by atoms with Crippen LogP contribution in [0.2, 0.25) is 0 Å². The molecule has 3 atom stereocenters. The molecule has 6 aromatic carbocycles. The van der Waals surface area contributed by atoms with Crippen LogP contribution in [-0.2, 0) is 52.7 Å². The number of aldehydes is 1. The van der Waals surface area contributed by atoms with E-state index in [1.54, 1.807) is 115 Å². The second-order valence-electron chi connectivity index (χ2n) is 19.3. The number of esters is 2. The van der Waals surface area contributed by atoms with Gasteiger partial charge in [0, 0.05) is 11.1 Å². The molecule has 95 heavy (non-hydrogen) atoms. The number of amides is 11. The van der Waals surface area contributed by atoms with Crippen LogP contribution in [0.25, 0.3) is 6.08 Å². The van der Waals surface area contributed by atoms with Crippen molar-refractivity contribution >= 4 is 168 Å². The number of nitrogens with one attached hydrogen (secondary N) is 6. The van der Waals surface area contributed by atoms with E-state index in [2.05, 4.69) is 41.4 Å². The summed E-state index contributed by atoms with van der Waals surface area (Å²) in [7, 11) is 2.63. The number of ether oxygens (including phenoxy) is 2. The van der Waals surface area contributed by atoms with E-state index < -0.39 is 40.3 Å². The Morgan fingerprint density at radius 3 is 1.21 bits per heavy atom. The summed E-state index contributed by atoms with van der Waals surface area (Å²) in [5.41, 5.74) is 12.4. The van der Waals surface area contributed by atoms with Gasteiger partial charge in [0.2, 0.25) is 23.6 Å². The molecule has 0 spiro atoms. The van der Waals surface area contributed by atoms with Gasteiger partial charge >= 0.3 is 23.9 Å². The molecule has 5 aliphatic rings. The average molecular weight is 1390 g/mol. The molecule has 5 heterocycles. The molecule has 490 valence electrons. The molecule has 0 bridgehead atoms. The normalized spacial score (nSPS) is 16.9.